The van der Waals surface area contributed by atoms with Gasteiger partial charge in [0.25, 0.3) is 0 Å². The van der Waals surface area contributed by atoms with E-state index in [9.17, 15) is 0 Å². The van der Waals surface area contributed by atoms with Crippen molar-refractivity contribution in [2.75, 3.05) is 5.73 Å². The van der Waals surface area contributed by atoms with Gasteiger partial charge in [-0.1, -0.05) is 18.2 Å². The summed E-state index contributed by atoms with van der Waals surface area (Å²) in [5.41, 5.74) is 14.5. The van der Waals surface area contributed by atoms with Gasteiger partial charge in [0.1, 0.15) is 0 Å². The maximum Gasteiger partial charge on any atom is 0.0490 e. The summed E-state index contributed by atoms with van der Waals surface area (Å²) >= 11 is 0. The van der Waals surface area contributed by atoms with E-state index < -0.39 is 0 Å². The minimum atomic E-state index is 0.0607. The summed E-state index contributed by atoms with van der Waals surface area (Å²) in [6.45, 7) is 0. The van der Waals surface area contributed by atoms with Crippen LogP contribution in [-0.4, -0.2) is 0 Å². The fourth-order valence-electron chi connectivity index (χ4n) is 1.35. The maximum absolute atomic E-state index is 5.77. The molecule has 1 aliphatic carbocycles. The lowest BCUT2D eigenvalue weighted by molar-refractivity contribution is 0.931. The van der Waals surface area contributed by atoms with Crippen molar-refractivity contribution < 1.29 is 0 Å². The molecule has 0 radical (unpaired) electrons. The molecule has 0 heterocycles. The van der Waals surface area contributed by atoms with Crippen molar-refractivity contribution in [3.8, 4) is 0 Å². The maximum atomic E-state index is 5.77. The first-order valence-electron chi connectivity index (χ1n) is 3.60. The lowest BCUT2D eigenvalue weighted by atomic mass is 10.1. The van der Waals surface area contributed by atoms with Crippen molar-refractivity contribution in [1.82, 2.24) is 0 Å². The number of anilines is 1. The van der Waals surface area contributed by atoms with Gasteiger partial charge in [-0.25, -0.2) is 0 Å². The van der Waals surface area contributed by atoms with E-state index in [0.29, 0.717) is 0 Å². The molecule has 1 aromatic rings. The van der Waals surface area contributed by atoms with Gasteiger partial charge in [-0.05, 0) is 23.3 Å². The third kappa shape index (κ3) is 0.917. The minimum Gasteiger partial charge on any atom is -0.399 e. The van der Waals surface area contributed by atoms with Crippen molar-refractivity contribution >= 4 is 11.8 Å². The molecule has 1 aromatic carbocycles. The van der Waals surface area contributed by atoms with E-state index in [1.54, 1.807) is 0 Å². The predicted octanol–water partition coefficient (Wildman–Crippen LogP) is 1.30. The van der Waals surface area contributed by atoms with Crippen molar-refractivity contribution in [2.24, 2.45) is 5.73 Å². The molecule has 2 rings (SSSR count). The Labute approximate surface area is 65.5 Å². The number of rotatable bonds is 0. The fourth-order valence-corrected chi connectivity index (χ4v) is 1.35. The van der Waals surface area contributed by atoms with Crippen molar-refractivity contribution in [3.05, 3.63) is 35.4 Å². The van der Waals surface area contributed by atoms with E-state index in [1.165, 1.54) is 5.56 Å². The molecule has 4 N–H and O–H groups in total. The van der Waals surface area contributed by atoms with Gasteiger partial charge in [-0.3, -0.25) is 0 Å². The van der Waals surface area contributed by atoms with E-state index in [-0.39, 0.29) is 6.04 Å². The first-order chi connectivity index (χ1) is 5.27. The number of fused-ring (bicyclic) bond motifs is 1. The molecule has 1 unspecified atom stereocenters. The number of nitrogen functional groups attached to an aromatic ring is 1. The third-order valence-electron chi connectivity index (χ3n) is 1.95. The summed E-state index contributed by atoms with van der Waals surface area (Å²) in [6.07, 6.45) is 3.99. The number of nitrogens with two attached hydrogens (primary N) is 2. The Morgan fingerprint density at radius 1 is 1.27 bits per heavy atom. The number of benzene rings is 1. The topological polar surface area (TPSA) is 52.0 Å². The number of hydrogen-bond donors (Lipinski definition) is 2. The molecule has 56 valence electrons. The normalized spacial score (nSPS) is 20.3. The van der Waals surface area contributed by atoms with Crippen molar-refractivity contribution in [2.45, 2.75) is 6.04 Å². The van der Waals surface area contributed by atoms with Gasteiger partial charge in [0.05, 0.1) is 0 Å². The van der Waals surface area contributed by atoms with Gasteiger partial charge in [-0.15, -0.1) is 0 Å². The van der Waals surface area contributed by atoms with Gasteiger partial charge in [0.2, 0.25) is 0 Å². The second kappa shape index (κ2) is 2.10. The Morgan fingerprint density at radius 2 is 2.09 bits per heavy atom. The van der Waals surface area contributed by atoms with E-state index in [0.717, 1.165) is 11.3 Å². The summed E-state index contributed by atoms with van der Waals surface area (Å²) in [6, 6.07) is 5.87. The molecule has 1 aliphatic rings. The largest absolute Gasteiger partial charge is 0.399 e. The van der Waals surface area contributed by atoms with E-state index >= 15 is 0 Å². The zero-order valence-corrected chi connectivity index (χ0v) is 6.12. The van der Waals surface area contributed by atoms with E-state index in [4.69, 9.17) is 11.5 Å². The summed E-state index contributed by atoms with van der Waals surface area (Å²) in [4.78, 5) is 0. The Morgan fingerprint density at radius 3 is 2.91 bits per heavy atom. The monoisotopic (exact) mass is 146 g/mol. The van der Waals surface area contributed by atoms with Crippen LogP contribution in [0.15, 0.2) is 24.3 Å². The molecule has 0 fully saturated rings. The molecule has 2 nitrogen and oxygen atoms in total. The van der Waals surface area contributed by atoms with Gasteiger partial charge in [-0.2, -0.15) is 0 Å². The Hall–Kier alpha value is -1.28. The van der Waals surface area contributed by atoms with Crippen LogP contribution in [0.5, 0.6) is 0 Å². The smallest absolute Gasteiger partial charge is 0.0490 e. The predicted molar refractivity (Wildman–Crippen MR) is 46.8 cm³/mol. The highest BCUT2D eigenvalue weighted by Gasteiger charge is 2.11. The first kappa shape index (κ1) is 6.43. The average molecular weight is 146 g/mol. The van der Waals surface area contributed by atoms with Crippen LogP contribution in [0.25, 0.3) is 6.08 Å². The second-order valence-corrected chi connectivity index (χ2v) is 2.77. The highest BCUT2D eigenvalue weighted by Crippen LogP contribution is 2.27. The van der Waals surface area contributed by atoms with Crippen LogP contribution in [0, 0.1) is 0 Å². The minimum absolute atomic E-state index is 0.0607. The van der Waals surface area contributed by atoms with Crippen LogP contribution in [0.4, 0.5) is 5.69 Å². The highest BCUT2D eigenvalue weighted by molar-refractivity contribution is 5.65. The molecule has 0 spiro atoms. The van der Waals surface area contributed by atoms with Crippen LogP contribution >= 0.6 is 0 Å². The lowest BCUT2D eigenvalue weighted by Gasteiger charge is -2.04. The highest BCUT2D eigenvalue weighted by atomic mass is 14.6. The van der Waals surface area contributed by atoms with Gasteiger partial charge >= 0.3 is 0 Å². The SMILES string of the molecule is Nc1ccc2c(c1)C=CC2N. The fraction of sp³-hybridized carbons (Fsp3) is 0.111. The van der Waals surface area contributed by atoms with Crippen LogP contribution in [0.3, 0.4) is 0 Å². The summed E-state index contributed by atoms with van der Waals surface area (Å²) in [7, 11) is 0. The Balaban J connectivity index is 2.58. The summed E-state index contributed by atoms with van der Waals surface area (Å²) in [5, 5.41) is 0. The van der Waals surface area contributed by atoms with E-state index in [1.807, 2.05) is 30.4 Å². The standard InChI is InChI=1S/C9H10N2/c10-7-2-3-8-6(5-7)1-4-9(8)11/h1-5,9H,10-11H2. The molecular weight excluding hydrogens is 136 g/mol. The van der Waals surface area contributed by atoms with Gasteiger partial charge < -0.3 is 11.5 Å². The molecule has 11 heavy (non-hydrogen) atoms. The summed E-state index contributed by atoms with van der Waals surface area (Å²) < 4.78 is 0. The molecule has 0 saturated heterocycles. The van der Waals surface area contributed by atoms with Crippen LogP contribution in [0.2, 0.25) is 0 Å². The van der Waals surface area contributed by atoms with Crippen LogP contribution in [-0.2, 0) is 0 Å². The third-order valence-corrected chi connectivity index (χ3v) is 1.95. The average Bonchev–Trinajstić information content (AvgIpc) is 2.32. The van der Waals surface area contributed by atoms with Crippen LogP contribution in [0.1, 0.15) is 17.2 Å². The van der Waals surface area contributed by atoms with Gasteiger partial charge in [0.15, 0.2) is 0 Å². The Kier molecular flexibility index (Phi) is 1.23. The van der Waals surface area contributed by atoms with Gasteiger partial charge in [0, 0.05) is 11.7 Å². The Bertz CT molecular complexity index is 315. The van der Waals surface area contributed by atoms with Crippen molar-refractivity contribution in [1.29, 1.82) is 0 Å². The van der Waals surface area contributed by atoms with Crippen molar-refractivity contribution in [3.63, 3.8) is 0 Å². The van der Waals surface area contributed by atoms with E-state index in [2.05, 4.69) is 0 Å². The first-order valence-corrected chi connectivity index (χ1v) is 3.60. The molecule has 2 heteroatoms. The lowest BCUT2D eigenvalue weighted by Crippen LogP contribution is -2.04. The molecular formula is C9H10N2. The molecule has 0 aliphatic heterocycles. The molecule has 1 atom stereocenters. The zero-order valence-electron chi connectivity index (χ0n) is 6.12. The molecule has 0 saturated carbocycles. The molecule has 0 aromatic heterocycles. The quantitative estimate of drug-likeness (QED) is 0.542. The number of hydrogen-bond acceptors (Lipinski definition) is 2. The second-order valence-electron chi connectivity index (χ2n) is 2.77. The zero-order chi connectivity index (χ0) is 7.84. The molecule has 0 amide bonds. The summed E-state index contributed by atoms with van der Waals surface area (Å²) in [5.74, 6) is 0. The molecule has 0 bridgehead atoms. The van der Waals surface area contributed by atoms with Crippen LogP contribution < -0.4 is 11.5 Å².